The molecular weight excluding hydrogens is 416 g/mol. The van der Waals surface area contributed by atoms with Crippen molar-refractivity contribution in [1.82, 2.24) is 0 Å². The Bertz CT molecular complexity index is 1310. The summed E-state index contributed by atoms with van der Waals surface area (Å²) in [6.07, 6.45) is 0. The van der Waals surface area contributed by atoms with Gasteiger partial charge in [0.1, 0.15) is 0 Å². The number of carboxylic acids is 2. The summed E-state index contributed by atoms with van der Waals surface area (Å²) >= 11 is 0. The molecule has 9 nitrogen and oxygen atoms in total. The minimum atomic E-state index is -1.21. The summed E-state index contributed by atoms with van der Waals surface area (Å²) in [4.78, 5) is 61.5. The number of carbonyl (C=O) groups excluding carboxylic acids is 3. The van der Waals surface area contributed by atoms with Crippen LogP contribution in [-0.4, -0.2) is 39.9 Å². The summed E-state index contributed by atoms with van der Waals surface area (Å²) in [6.45, 7) is 0. The fourth-order valence-electron chi connectivity index (χ4n) is 3.34. The van der Waals surface area contributed by atoms with E-state index in [-0.39, 0.29) is 39.2 Å². The number of carbonyl (C=O) groups is 5. The molecule has 158 valence electrons. The first-order valence-corrected chi connectivity index (χ1v) is 9.28. The average molecular weight is 430 g/mol. The van der Waals surface area contributed by atoms with Crippen molar-refractivity contribution in [2.45, 2.75) is 0 Å². The van der Waals surface area contributed by atoms with Crippen LogP contribution in [0.2, 0.25) is 0 Å². The predicted molar refractivity (Wildman–Crippen MR) is 112 cm³/mol. The van der Waals surface area contributed by atoms with Crippen LogP contribution >= 0.6 is 0 Å². The molecule has 0 unspecified atom stereocenters. The number of hydrogen-bond donors (Lipinski definition) is 3. The lowest BCUT2D eigenvalue weighted by Gasteiger charge is -2.13. The Hall–Kier alpha value is -4.79. The van der Waals surface area contributed by atoms with E-state index in [4.69, 9.17) is 5.11 Å². The summed E-state index contributed by atoms with van der Waals surface area (Å²) in [5, 5.41) is 20.8. The van der Waals surface area contributed by atoms with E-state index in [0.717, 1.165) is 4.90 Å². The number of para-hydroxylation sites is 1. The largest absolute Gasteiger partial charge is 0.478 e. The third-order valence-corrected chi connectivity index (χ3v) is 4.93. The summed E-state index contributed by atoms with van der Waals surface area (Å²) in [5.74, 6) is -4.25. The van der Waals surface area contributed by atoms with E-state index >= 15 is 0 Å². The SMILES string of the molecule is O=C(O)c1ccc(N2C(=O)c3ccc(C(=O)Nc4ccccc4C(=O)O)cc3C2=O)cc1. The highest BCUT2D eigenvalue weighted by Crippen LogP contribution is 2.29. The van der Waals surface area contributed by atoms with Crippen LogP contribution in [0.4, 0.5) is 11.4 Å². The van der Waals surface area contributed by atoms with E-state index in [9.17, 15) is 29.1 Å². The number of rotatable bonds is 5. The number of imide groups is 1. The minimum absolute atomic E-state index is 0.00552. The van der Waals surface area contributed by atoms with Crippen LogP contribution in [0.15, 0.2) is 66.7 Å². The normalized spacial score (nSPS) is 12.4. The van der Waals surface area contributed by atoms with Gasteiger partial charge in [-0.05, 0) is 54.6 Å². The summed E-state index contributed by atoms with van der Waals surface area (Å²) in [6, 6.07) is 15.1. The lowest BCUT2D eigenvalue weighted by molar-refractivity contribution is 0.0686. The first-order chi connectivity index (χ1) is 15.3. The topological polar surface area (TPSA) is 141 Å². The molecule has 0 aromatic heterocycles. The number of nitrogens with zero attached hydrogens (tertiary/aromatic N) is 1. The highest BCUT2D eigenvalue weighted by Gasteiger charge is 2.37. The molecule has 32 heavy (non-hydrogen) atoms. The zero-order valence-corrected chi connectivity index (χ0v) is 16.2. The number of anilines is 2. The third-order valence-electron chi connectivity index (χ3n) is 4.93. The van der Waals surface area contributed by atoms with Gasteiger partial charge in [0.05, 0.1) is 33.6 Å². The molecule has 0 saturated carbocycles. The molecule has 0 bridgehead atoms. The Morgan fingerprint density at radius 1 is 0.719 bits per heavy atom. The van der Waals surface area contributed by atoms with E-state index in [1.54, 1.807) is 6.07 Å². The quantitative estimate of drug-likeness (QED) is 0.528. The summed E-state index contributed by atoms with van der Waals surface area (Å²) in [7, 11) is 0. The molecule has 3 aromatic rings. The second-order valence-corrected chi connectivity index (χ2v) is 6.86. The Morgan fingerprint density at radius 3 is 2.00 bits per heavy atom. The van der Waals surface area contributed by atoms with Gasteiger partial charge in [-0.3, -0.25) is 14.4 Å². The van der Waals surface area contributed by atoms with Crippen molar-refractivity contribution in [2.24, 2.45) is 0 Å². The number of fused-ring (bicyclic) bond motifs is 1. The molecular formula is C23H14N2O7. The van der Waals surface area contributed by atoms with Gasteiger partial charge in [-0.25, -0.2) is 14.5 Å². The number of hydrogen-bond acceptors (Lipinski definition) is 5. The Labute approximate surface area is 180 Å². The van der Waals surface area contributed by atoms with Gasteiger partial charge in [-0.1, -0.05) is 12.1 Å². The number of carboxylic acid groups (broad SMARTS) is 2. The number of benzene rings is 3. The van der Waals surface area contributed by atoms with Crippen LogP contribution in [0.25, 0.3) is 0 Å². The third kappa shape index (κ3) is 3.47. The average Bonchev–Trinajstić information content (AvgIpc) is 3.03. The maximum Gasteiger partial charge on any atom is 0.337 e. The summed E-state index contributed by atoms with van der Waals surface area (Å²) in [5.41, 5.74) is 0.371. The van der Waals surface area contributed by atoms with Gasteiger partial charge in [0.15, 0.2) is 0 Å². The zero-order chi connectivity index (χ0) is 23.0. The van der Waals surface area contributed by atoms with Gasteiger partial charge in [0.25, 0.3) is 17.7 Å². The number of aromatic carboxylic acids is 2. The maximum atomic E-state index is 12.9. The Kier molecular flexibility index (Phi) is 4.99. The predicted octanol–water partition coefficient (Wildman–Crippen LogP) is 3.14. The molecule has 0 fully saturated rings. The first-order valence-electron chi connectivity index (χ1n) is 9.28. The van der Waals surface area contributed by atoms with Crippen LogP contribution in [-0.2, 0) is 0 Å². The molecule has 3 aromatic carbocycles. The van der Waals surface area contributed by atoms with Crippen molar-refractivity contribution >= 4 is 41.0 Å². The van der Waals surface area contributed by atoms with Crippen molar-refractivity contribution in [3.63, 3.8) is 0 Å². The van der Waals surface area contributed by atoms with Crippen molar-refractivity contribution in [3.05, 3.63) is 94.5 Å². The van der Waals surface area contributed by atoms with Crippen LogP contribution in [0, 0.1) is 0 Å². The van der Waals surface area contributed by atoms with Crippen LogP contribution in [0.3, 0.4) is 0 Å². The molecule has 0 radical (unpaired) electrons. The minimum Gasteiger partial charge on any atom is -0.478 e. The van der Waals surface area contributed by atoms with Crippen LogP contribution < -0.4 is 10.2 Å². The summed E-state index contributed by atoms with van der Waals surface area (Å²) < 4.78 is 0. The molecule has 0 saturated heterocycles. The second kappa shape index (κ2) is 7.80. The van der Waals surface area contributed by atoms with Crippen LogP contribution in [0.5, 0.6) is 0 Å². The maximum absolute atomic E-state index is 12.9. The van der Waals surface area contributed by atoms with Gasteiger partial charge in [-0.15, -0.1) is 0 Å². The van der Waals surface area contributed by atoms with Gasteiger partial charge in [0, 0.05) is 5.56 Å². The van der Waals surface area contributed by atoms with E-state index < -0.39 is 29.7 Å². The van der Waals surface area contributed by atoms with Gasteiger partial charge in [0.2, 0.25) is 0 Å². The van der Waals surface area contributed by atoms with Gasteiger partial charge < -0.3 is 15.5 Å². The van der Waals surface area contributed by atoms with Crippen molar-refractivity contribution in [2.75, 3.05) is 10.2 Å². The van der Waals surface area contributed by atoms with Crippen molar-refractivity contribution in [1.29, 1.82) is 0 Å². The smallest absolute Gasteiger partial charge is 0.337 e. The highest BCUT2D eigenvalue weighted by atomic mass is 16.4. The molecule has 0 aliphatic carbocycles. The second-order valence-electron chi connectivity index (χ2n) is 6.86. The molecule has 1 aliphatic rings. The van der Waals surface area contributed by atoms with E-state index in [1.807, 2.05) is 0 Å². The molecule has 4 rings (SSSR count). The monoisotopic (exact) mass is 430 g/mol. The standard InChI is InChI=1S/C23H14N2O7/c26-19(24-18-4-2-1-3-16(18)23(31)32)13-7-10-15-17(11-13)21(28)25(20(15)27)14-8-5-12(6-9-14)22(29)30/h1-11H,(H,24,26)(H,29,30)(H,31,32). The lowest BCUT2D eigenvalue weighted by Crippen LogP contribution is -2.29. The Morgan fingerprint density at radius 2 is 1.34 bits per heavy atom. The van der Waals surface area contributed by atoms with Crippen molar-refractivity contribution in [3.8, 4) is 0 Å². The van der Waals surface area contributed by atoms with Gasteiger partial charge in [-0.2, -0.15) is 0 Å². The fourth-order valence-corrected chi connectivity index (χ4v) is 3.34. The number of nitrogens with one attached hydrogen (secondary N) is 1. The van der Waals surface area contributed by atoms with E-state index in [2.05, 4.69) is 5.32 Å². The molecule has 9 heteroatoms. The highest BCUT2D eigenvalue weighted by molar-refractivity contribution is 6.34. The fraction of sp³-hybridized carbons (Fsp3) is 0. The molecule has 0 atom stereocenters. The van der Waals surface area contributed by atoms with E-state index in [0.29, 0.717) is 0 Å². The molecule has 1 aliphatic heterocycles. The number of amides is 3. The molecule has 3 amide bonds. The zero-order valence-electron chi connectivity index (χ0n) is 16.2. The first kappa shape index (κ1) is 20.5. The molecule has 3 N–H and O–H groups in total. The van der Waals surface area contributed by atoms with Gasteiger partial charge >= 0.3 is 11.9 Å². The molecule has 1 heterocycles. The van der Waals surface area contributed by atoms with Crippen LogP contribution in [0.1, 0.15) is 51.8 Å². The van der Waals surface area contributed by atoms with Crippen molar-refractivity contribution < 1.29 is 34.2 Å². The molecule has 0 spiro atoms. The van der Waals surface area contributed by atoms with E-state index in [1.165, 1.54) is 60.7 Å². The Balaban J connectivity index is 1.62. The lowest BCUT2D eigenvalue weighted by atomic mass is 10.0.